The maximum Gasteiger partial charge on any atom is 0.251 e. The summed E-state index contributed by atoms with van der Waals surface area (Å²) in [5.41, 5.74) is 1.22. The second kappa shape index (κ2) is 5.26. The number of hydrogen-bond acceptors (Lipinski definition) is 6. The molecule has 20 heavy (non-hydrogen) atoms. The molecule has 0 unspecified atom stereocenters. The highest BCUT2D eigenvalue weighted by Crippen LogP contribution is 2.14. The van der Waals surface area contributed by atoms with Gasteiger partial charge in [0, 0.05) is 11.1 Å². The van der Waals surface area contributed by atoms with Crippen molar-refractivity contribution in [2.45, 2.75) is 6.54 Å². The predicted octanol–water partition coefficient (Wildman–Crippen LogP) is -0.0852. The van der Waals surface area contributed by atoms with Gasteiger partial charge in [0.1, 0.15) is 12.2 Å². The lowest BCUT2D eigenvalue weighted by Gasteiger charge is -2.04. The van der Waals surface area contributed by atoms with E-state index in [9.17, 15) is 4.79 Å². The molecule has 0 saturated heterocycles. The van der Waals surface area contributed by atoms with Crippen LogP contribution in [-0.2, 0) is 6.54 Å². The van der Waals surface area contributed by atoms with Crippen LogP contribution in [-0.4, -0.2) is 41.7 Å². The van der Waals surface area contributed by atoms with Gasteiger partial charge >= 0.3 is 0 Å². The average molecular weight is 270 g/mol. The highest BCUT2D eigenvalue weighted by Gasteiger charge is 2.09. The lowest BCUT2D eigenvalue weighted by Crippen LogP contribution is -2.23. The zero-order chi connectivity index (χ0) is 13.8. The average Bonchev–Trinajstić information content (AvgIpc) is 3.18. The van der Waals surface area contributed by atoms with Gasteiger partial charge in [0.15, 0.2) is 0 Å². The number of carbonyl (C=O) groups excluding carboxylic acids is 1. The van der Waals surface area contributed by atoms with Gasteiger partial charge in [0.2, 0.25) is 5.82 Å². The number of nitrogens with one attached hydrogen (secondary N) is 3. The number of hydrogen-bond donors (Lipinski definition) is 3. The molecule has 2 aromatic heterocycles. The number of H-pyrrole nitrogens is 2. The fourth-order valence-corrected chi connectivity index (χ4v) is 1.67. The molecule has 0 aliphatic carbocycles. The van der Waals surface area contributed by atoms with Gasteiger partial charge in [-0.05, 0) is 17.3 Å². The Hall–Kier alpha value is -3.10. The molecular formula is C11H10N8O. The topological polar surface area (TPSA) is 125 Å². The SMILES string of the molecule is O=C(NCc1ncn[nH]1)c1cccc(-c2nn[nH]n2)c1. The number of carbonyl (C=O) groups is 1. The van der Waals surface area contributed by atoms with Crippen LogP contribution in [0.3, 0.4) is 0 Å². The Morgan fingerprint density at radius 2 is 2.30 bits per heavy atom. The van der Waals surface area contributed by atoms with E-state index in [1.165, 1.54) is 6.33 Å². The van der Waals surface area contributed by atoms with E-state index >= 15 is 0 Å². The molecular weight excluding hydrogens is 260 g/mol. The van der Waals surface area contributed by atoms with Gasteiger partial charge in [-0.15, -0.1) is 10.2 Å². The molecule has 0 aliphatic rings. The second-order valence-corrected chi connectivity index (χ2v) is 3.93. The first-order valence-electron chi connectivity index (χ1n) is 5.79. The van der Waals surface area contributed by atoms with E-state index in [1.807, 2.05) is 0 Å². The fraction of sp³-hybridized carbons (Fsp3) is 0.0909. The maximum absolute atomic E-state index is 12.0. The number of amides is 1. The molecule has 0 saturated carbocycles. The number of nitrogens with zero attached hydrogens (tertiary/aromatic N) is 5. The van der Waals surface area contributed by atoms with Crippen LogP contribution in [0.4, 0.5) is 0 Å². The monoisotopic (exact) mass is 270 g/mol. The Bertz CT molecular complexity index is 691. The van der Waals surface area contributed by atoms with E-state index in [0.717, 1.165) is 0 Å². The molecule has 9 heteroatoms. The summed E-state index contributed by atoms with van der Waals surface area (Å²) in [5.74, 6) is 0.814. The number of aromatic nitrogens is 7. The molecule has 0 aliphatic heterocycles. The number of rotatable bonds is 4. The van der Waals surface area contributed by atoms with E-state index in [0.29, 0.717) is 22.8 Å². The lowest BCUT2D eigenvalue weighted by molar-refractivity contribution is 0.0950. The van der Waals surface area contributed by atoms with Gasteiger partial charge in [-0.2, -0.15) is 10.3 Å². The third kappa shape index (κ3) is 2.51. The molecule has 3 aromatic rings. The first-order chi connectivity index (χ1) is 9.83. The maximum atomic E-state index is 12.0. The summed E-state index contributed by atoms with van der Waals surface area (Å²) >= 11 is 0. The summed E-state index contributed by atoms with van der Waals surface area (Å²) < 4.78 is 0. The Kier molecular flexibility index (Phi) is 3.15. The predicted molar refractivity (Wildman–Crippen MR) is 67.2 cm³/mol. The van der Waals surface area contributed by atoms with Crippen molar-refractivity contribution in [1.82, 2.24) is 41.1 Å². The Morgan fingerprint density at radius 1 is 1.35 bits per heavy atom. The summed E-state index contributed by atoms with van der Waals surface area (Å²) in [6, 6.07) is 6.97. The lowest BCUT2D eigenvalue weighted by atomic mass is 10.1. The summed E-state index contributed by atoms with van der Waals surface area (Å²) in [6.07, 6.45) is 1.39. The normalized spacial score (nSPS) is 10.4. The molecule has 100 valence electrons. The minimum atomic E-state index is -0.216. The first kappa shape index (κ1) is 12.0. The number of tetrazole rings is 1. The molecule has 3 rings (SSSR count). The van der Waals surface area contributed by atoms with Crippen molar-refractivity contribution < 1.29 is 4.79 Å². The molecule has 1 amide bonds. The molecule has 0 radical (unpaired) electrons. The third-order valence-corrected chi connectivity index (χ3v) is 2.61. The van der Waals surface area contributed by atoms with Crippen LogP contribution in [0.25, 0.3) is 11.4 Å². The van der Waals surface area contributed by atoms with E-state index in [2.05, 4.69) is 41.1 Å². The molecule has 9 nitrogen and oxygen atoms in total. The van der Waals surface area contributed by atoms with Crippen LogP contribution in [0.15, 0.2) is 30.6 Å². The van der Waals surface area contributed by atoms with E-state index < -0.39 is 0 Å². The second-order valence-electron chi connectivity index (χ2n) is 3.93. The van der Waals surface area contributed by atoms with Crippen molar-refractivity contribution in [3.05, 3.63) is 42.0 Å². The summed E-state index contributed by atoms with van der Waals surface area (Å²) in [7, 11) is 0. The van der Waals surface area contributed by atoms with Gasteiger partial charge in [0.05, 0.1) is 6.54 Å². The van der Waals surface area contributed by atoms with Crippen molar-refractivity contribution in [3.8, 4) is 11.4 Å². The quantitative estimate of drug-likeness (QED) is 0.608. The summed E-state index contributed by atoms with van der Waals surface area (Å²) in [4.78, 5) is 16.0. The number of benzene rings is 1. The molecule has 0 atom stereocenters. The Labute approximate surface area is 112 Å². The zero-order valence-corrected chi connectivity index (χ0v) is 10.2. The van der Waals surface area contributed by atoms with Crippen molar-refractivity contribution in [3.63, 3.8) is 0 Å². The van der Waals surface area contributed by atoms with Gasteiger partial charge < -0.3 is 5.32 Å². The van der Waals surface area contributed by atoms with Crippen LogP contribution in [0.1, 0.15) is 16.2 Å². The molecule has 3 N–H and O–H groups in total. The Balaban J connectivity index is 1.73. The molecule has 0 fully saturated rings. The van der Waals surface area contributed by atoms with Crippen LogP contribution in [0.2, 0.25) is 0 Å². The van der Waals surface area contributed by atoms with Crippen molar-refractivity contribution >= 4 is 5.91 Å². The van der Waals surface area contributed by atoms with Crippen molar-refractivity contribution in [2.75, 3.05) is 0 Å². The smallest absolute Gasteiger partial charge is 0.251 e. The highest BCUT2D eigenvalue weighted by atomic mass is 16.1. The van der Waals surface area contributed by atoms with Gasteiger partial charge in [-0.3, -0.25) is 9.89 Å². The van der Waals surface area contributed by atoms with E-state index in [1.54, 1.807) is 24.3 Å². The van der Waals surface area contributed by atoms with Crippen LogP contribution in [0, 0.1) is 0 Å². The zero-order valence-electron chi connectivity index (χ0n) is 10.2. The minimum absolute atomic E-state index is 0.216. The summed E-state index contributed by atoms with van der Waals surface area (Å²) in [6.45, 7) is 0.283. The minimum Gasteiger partial charge on any atom is -0.345 e. The van der Waals surface area contributed by atoms with Gasteiger partial charge in [-0.1, -0.05) is 12.1 Å². The highest BCUT2D eigenvalue weighted by molar-refractivity contribution is 5.95. The fourth-order valence-electron chi connectivity index (χ4n) is 1.67. The first-order valence-corrected chi connectivity index (χ1v) is 5.79. The van der Waals surface area contributed by atoms with Crippen LogP contribution >= 0.6 is 0 Å². The number of aromatic amines is 2. The van der Waals surface area contributed by atoms with Crippen LogP contribution < -0.4 is 5.32 Å². The molecule has 1 aromatic carbocycles. The Morgan fingerprint density at radius 3 is 3.05 bits per heavy atom. The van der Waals surface area contributed by atoms with Gasteiger partial charge in [0.25, 0.3) is 5.91 Å². The third-order valence-electron chi connectivity index (χ3n) is 2.61. The largest absolute Gasteiger partial charge is 0.345 e. The van der Waals surface area contributed by atoms with E-state index in [4.69, 9.17) is 0 Å². The van der Waals surface area contributed by atoms with Crippen molar-refractivity contribution in [2.24, 2.45) is 0 Å². The van der Waals surface area contributed by atoms with Crippen molar-refractivity contribution in [1.29, 1.82) is 0 Å². The van der Waals surface area contributed by atoms with Gasteiger partial charge in [-0.25, -0.2) is 4.98 Å². The molecule has 0 spiro atoms. The summed E-state index contributed by atoms with van der Waals surface area (Å²) in [5, 5.41) is 22.7. The standard InChI is InChI=1S/C11H10N8O/c20-11(12-5-9-13-6-14-15-9)8-3-1-2-7(4-8)10-16-18-19-17-10/h1-4,6H,5H2,(H,12,20)(H,13,14,15)(H,16,17,18,19). The molecule has 0 bridgehead atoms. The molecule has 2 heterocycles. The van der Waals surface area contributed by atoms with E-state index in [-0.39, 0.29) is 12.5 Å². The van der Waals surface area contributed by atoms with Crippen LogP contribution in [0.5, 0.6) is 0 Å².